The third-order valence-electron chi connectivity index (χ3n) is 9.55. The summed E-state index contributed by atoms with van der Waals surface area (Å²) >= 11 is 3.68. The molecule has 50 heavy (non-hydrogen) atoms. The molecule has 3 heterocycles. The van der Waals surface area contributed by atoms with Gasteiger partial charge in [-0.05, 0) is 52.6 Å². The molecule has 2 nitrogen and oxygen atoms in total. The van der Waals surface area contributed by atoms with Crippen LogP contribution in [-0.4, -0.2) is 9.97 Å². The fourth-order valence-electron chi connectivity index (χ4n) is 7.09. The van der Waals surface area contributed by atoms with Gasteiger partial charge in [-0.25, -0.2) is 9.97 Å². The lowest BCUT2D eigenvalue weighted by Gasteiger charge is -2.13. The van der Waals surface area contributed by atoms with Crippen LogP contribution in [0.25, 0.3) is 96.5 Å². The number of nitrogens with zero attached hydrogens (tertiary/aromatic N) is 2. The normalized spacial score (nSPS) is 11.6. The molecule has 0 aliphatic carbocycles. The van der Waals surface area contributed by atoms with Crippen LogP contribution < -0.4 is 0 Å². The van der Waals surface area contributed by atoms with E-state index in [2.05, 4.69) is 170 Å². The fraction of sp³-hybridized carbons (Fsp3) is 0. The molecular formula is C46H28N2S2. The summed E-state index contributed by atoms with van der Waals surface area (Å²) in [5.74, 6) is 0.717. The zero-order chi connectivity index (χ0) is 33.0. The number of hydrogen-bond donors (Lipinski definition) is 0. The van der Waals surface area contributed by atoms with Gasteiger partial charge < -0.3 is 0 Å². The van der Waals surface area contributed by atoms with Crippen LogP contribution in [0.4, 0.5) is 0 Å². The Labute approximate surface area is 297 Å². The molecule has 0 aliphatic rings. The van der Waals surface area contributed by atoms with Crippen LogP contribution in [-0.2, 0) is 0 Å². The third kappa shape index (κ3) is 4.92. The van der Waals surface area contributed by atoms with Gasteiger partial charge in [0, 0.05) is 57.0 Å². The minimum absolute atomic E-state index is 0.717. The van der Waals surface area contributed by atoms with E-state index in [1.165, 1.54) is 51.5 Å². The van der Waals surface area contributed by atoms with E-state index in [0.29, 0.717) is 5.82 Å². The van der Waals surface area contributed by atoms with Gasteiger partial charge in [0.15, 0.2) is 5.82 Å². The maximum absolute atomic E-state index is 5.32. The molecule has 0 atom stereocenters. The van der Waals surface area contributed by atoms with E-state index in [0.717, 1.165) is 39.2 Å². The Bertz CT molecular complexity index is 2860. The molecule has 0 N–H and O–H groups in total. The van der Waals surface area contributed by atoms with Crippen molar-refractivity contribution in [2.24, 2.45) is 0 Å². The summed E-state index contributed by atoms with van der Waals surface area (Å²) in [6, 6.07) is 60.7. The molecule has 0 unspecified atom stereocenters. The van der Waals surface area contributed by atoms with Gasteiger partial charge in [-0.1, -0.05) is 140 Å². The standard InChI is InChI=1S/C46H28N2S2/c1-2-11-30(12-3-1)33-13-4-5-16-37(33)46-47-40(28-41(48-46)38-18-10-17-36-34-14-6-9-20-43(34)50-45(36)38)31-23-21-29(22-24-31)32-25-26-44-39(27-32)35-15-7-8-19-42(35)49-44/h1-28H. The summed E-state index contributed by atoms with van der Waals surface area (Å²) in [6.07, 6.45) is 0. The smallest absolute Gasteiger partial charge is 0.161 e. The van der Waals surface area contributed by atoms with E-state index in [1.807, 2.05) is 22.7 Å². The average Bonchev–Trinajstić information content (AvgIpc) is 3.76. The van der Waals surface area contributed by atoms with Crippen LogP contribution in [0.5, 0.6) is 0 Å². The lowest BCUT2D eigenvalue weighted by atomic mass is 9.98. The SMILES string of the molecule is c1ccc(-c2ccccc2-c2nc(-c3ccc(-c4ccc5sc6ccccc6c5c4)cc3)cc(-c3cccc4c3sc3ccccc34)n2)cc1. The Balaban J connectivity index is 1.13. The van der Waals surface area contributed by atoms with Crippen LogP contribution in [0.15, 0.2) is 170 Å². The molecule has 0 amide bonds. The van der Waals surface area contributed by atoms with Crippen LogP contribution >= 0.6 is 22.7 Å². The van der Waals surface area contributed by atoms with Gasteiger partial charge in [0.2, 0.25) is 0 Å². The van der Waals surface area contributed by atoms with E-state index in [1.54, 1.807) is 0 Å². The number of benzene rings is 7. The number of thiophene rings is 2. The molecule has 0 radical (unpaired) electrons. The quantitative estimate of drug-likeness (QED) is 0.182. The Morgan fingerprint density at radius 3 is 1.72 bits per heavy atom. The van der Waals surface area contributed by atoms with Crippen molar-refractivity contribution in [3.8, 4) is 56.2 Å². The second-order valence-electron chi connectivity index (χ2n) is 12.5. The summed E-state index contributed by atoms with van der Waals surface area (Å²) in [7, 11) is 0. The minimum atomic E-state index is 0.717. The highest BCUT2D eigenvalue weighted by Gasteiger charge is 2.17. The Kier molecular flexibility index (Phi) is 6.90. The Morgan fingerprint density at radius 1 is 0.320 bits per heavy atom. The van der Waals surface area contributed by atoms with Crippen LogP contribution in [0.2, 0.25) is 0 Å². The van der Waals surface area contributed by atoms with Gasteiger partial charge in [-0.15, -0.1) is 22.7 Å². The lowest BCUT2D eigenvalue weighted by Crippen LogP contribution is -1.97. The summed E-state index contributed by atoms with van der Waals surface area (Å²) in [6.45, 7) is 0. The fourth-order valence-corrected chi connectivity index (χ4v) is 9.40. The van der Waals surface area contributed by atoms with E-state index in [9.17, 15) is 0 Å². The van der Waals surface area contributed by atoms with Crippen molar-refractivity contribution in [1.29, 1.82) is 0 Å². The molecule has 0 saturated carbocycles. The molecule has 0 spiro atoms. The Morgan fingerprint density at radius 2 is 0.900 bits per heavy atom. The second kappa shape index (κ2) is 11.9. The summed E-state index contributed by atoms with van der Waals surface area (Å²) in [4.78, 5) is 10.6. The maximum atomic E-state index is 5.32. The Hall–Kier alpha value is -5.94. The zero-order valence-corrected chi connectivity index (χ0v) is 28.5. The summed E-state index contributed by atoms with van der Waals surface area (Å²) < 4.78 is 5.16. The van der Waals surface area contributed by atoms with Gasteiger partial charge >= 0.3 is 0 Å². The molecule has 4 heteroatoms. The minimum Gasteiger partial charge on any atom is -0.228 e. The van der Waals surface area contributed by atoms with E-state index in [4.69, 9.17) is 9.97 Å². The van der Waals surface area contributed by atoms with Crippen molar-refractivity contribution in [2.75, 3.05) is 0 Å². The topological polar surface area (TPSA) is 25.8 Å². The summed E-state index contributed by atoms with van der Waals surface area (Å²) in [5, 5.41) is 5.16. The molecular weight excluding hydrogens is 645 g/mol. The average molecular weight is 673 g/mol. The molecule has 10 aromatic rings. The van der Waals surface area contributed by atoms with E-state index in [-0.39, 0.29) is 0 Å². The maximum Gasteiger partial charge on any atom is 0.161 e. The van der Waals surface area contributed by atoms with Gasteiger partial charge in [-0.2, -0.15) is 0 Å². The van der Waals surface area contributed by atoms with Crippen LogP contribution in [0.1, 0.15) is 0 Å². The van der Waals surface area contributed by atoms with Crippen molar-refractivity contribution < 1.29 is 0 Å². The highest BCUT2D eigenvalue weighted by atomic mass is 32.1. The number of aromatic nitrogens is 2. The van der Waals surface area contributed by atoms with Gasteiger partial charge in [-0.3, -0.25) is 0 Å². The first kappa shape index (κ1) is 29.0. The molecule has 3 aromatic heterocycles. The molecule has 10 rings (SSSR count). The number of rotatable bonds is 5. The predicted molar refractivity (Wildman–Crippen MR) is 215 cm³/mol. The van der Waals surface area contributed by atoms with Crippen molar-refractivity contribution in [3.05, 3.63) is 170 Å². The van der Waals surface area contributed by atoms with Crippen molar-refractivity contribution in [1.82, 2.24) is 9.97 Å². The molecule has 234 valence electrons. The third-order valence-corrected chi connectivity index (χ3v) is 11.9. The number of hydrogen-bond acceptors (Lipinski definition) is 4. The first-order chi connectivity index (χ1) is 24.8. The van der Waals surface area contributed by atoms with E-state index < -0.39 is 0 Å². The van der Waals surface area contributed by atoms with Gasteiger partial charge in [0.05, 0.1) is 11.4 Å². The lowest BCUT2D eigenvalue weighted by molar-refractivity contribution is 1.19. The molecule has 0 saturated heterocycles. The van der Waals surface area contributed by atoms with Crippen LogP contribution in [0, 0.1) is 0 Å². The summed E-state index contributed by atoms with van der Waals surface area (Å²) in [5.41, 5.74) is 9.67. The zero-order valence-electron chi connectivity index (χ0n) is 26.9. The van der Waals surface area contributed by atoms with Crippen molar-refractivity contribution >= 4 is 63.0 Å². The highest BCUT2D eigenvalue weighted by molar-refractivity contribution is 7.26. The molecule has 7 aromatic carbocycles. The van der Waals surface area contributed by atoms with Gasteiger partial charge in [0.1, 0.15) is 0 Å². The van der Waals surface area contributed by atoms with Crippen molar-refractivity contribution in [2.45, 2.75) is 0 Å². The second-order valence-corrected chi connectivity index (χ2v) is 14.7. The molecule has 0 aliphatic heterocycles. The molecule has 0 fully saturated rings. The number of fused-ring (bicyclic) bond motifs is 6. The first-order valence-electron chi connectivity index (χ1n) is 16.7. The largest absolute Gasteiger partial charge is 0.228 e. The predicted octanol–water partition coefficient (Wildman–Crippen LogP) is 13.5. The molecule has 0 bridgehead atoms. The highest BCUT2D eigenvalue weighted by Crippen LogP contribution is 2.41. The van der Waals surface area contributed by atoms with Gasteiger partial charge in [0.25, 0.3) is 0 Å². The first-order valence-corrected chi connectivity index (χ1v) is 18.4. The van der Waals surface area contributed by atoms with Crippen molar-refractivity contribution in [3.63, 3.8) is 0 Å². The van der Waals surface area contributed by atoms with E-state index >= 15 is 0 Å². The van der Waals surface area contributed by atoms with Crippen LogP contribution in [0.3, 0.4) is 0 Å². The monoisotopic (exact) mass is 672 g/mol.